The van der Waals surface area contributed by atoms with Crippen LogP contribution in [0, 0.1) is 5.92 Å². The molecule has 1 N–H and O–H groups in total. The smallest absolute Gasteiger partial charge is 0.308 e. The number of esters is 1. The number of carbonyl (C=O) groups excluding carboxylic acids is 2. The van der Waals surface area contributed by atoms with Gasteiger partial charge in [-0.2, -0.15) is 0 Å². The topological polar surface area (TPSA) is 64.6 Å². The standard InChI is InChI=1S/C14H19NO4/c1-9(14(17)19-4)7-11-8-12(18-3)5-6-13(11)15-10(2)16/h5-6,8-9H,7H2,1-4H3,(H,15,16). The van der Waals surface area contributed by atoms with Crippen LogP contribution in [0.1, 0.15) is 19.4 Å². The molecule has 0 aromatic heterocycles. The molecule has 5 heteroatoms. The molecular weight excluding hydrogens is 246 g/mol. The van der Waals surface area contributed by atoms with Crippen LogP contribution in [0.3, 0.4) is 0 Å². The van der Waals surface area contributed by atoms with E-state index >= 15 is 0 Å². The van der Waals surface area contributed by atoms with Crippen LogP contribution >= 0.6 is 0 Å². The summed E-state index contributed by atoms with van der Waals surface area (Å²) in [5.41, 5.74) is 1.52. The number of carbonyl (C=O) groups is 2. The van der Waals surface area contributed by atoms with E-state index in [9.17, 15) is 9.59 Å². The van der Waals surface area contributed by atoms with Crippen molar-refractivity contribution in [3.8, 4) is 5.75 Å². The van der Waals surface area contributed by atoms with Crippen LogP contribution in [0.25, 0.3) is 0 Å². The van der Waals surface area contributed by atoms with E-state index in [0.717, 1.165) is 5.56 Å². The highest BCUT2D eigenvalue weighted by Gasteiger charge is 2.16. The Kier molecular flexibility index (Phi) is 5.36. The molecule has 1 aromatic rings. The summed E-state index contributed by atoms with van der Waals surface area (Å²) in [6, 6.07) is 5.34. The highest BCUT2D eigenvalue weighted by atomic mass is 16.5. The lowest BCUT2D eigenvalue weighted by molar-refractivity contribution is -0.144. The molecule has 5 nitrogen and oxygen atoms in total. The Labute approximate surface area is 112 Å². The SMILES string of the molecule is COC(=O)C(C)Cc1cc(OC)ccc1NC(C)=O. The zero-order valence-electron chi connectivity index (χ0n) is 11.6. The zero-order chi connectivity index (χ0) is 14.4. The first-order valence-corrected chi connectivity index (χ1v) is 6.00. The normalized spacial score (nSPS) is 11.6. The zero-order valence-corrected chi connectivity index (χ0v) is 11.6. The second kappa shape index (κ2) is 6.78. The summed E-state index contributed by atoms with van der Waals surface area (Å²) in [6.07, 6.45) is 0.472. The van der Waals surface area contributed by atoms with E-state index in [1.807, 2.05) is 6.07 Å². The van der Waals surface area contributed by atoms with Crippen molar-refractivity contribution in [2.75, 3.05) is 19.5 Å². The number of amides is 1. The van der Waals surface area contributed by atoms with Crippen molar-refractivity contribution < 1.29 is 19.1 Å². The van der Waals surface area contributed by atoms with Crippen LogP contribution in [0.15, 0.2) is 18.2 Å². The van der Waals surface area contributed by atoms with Gasteiger partial charge in [0.25, 0.3) is 0 Å². The quantitative estimate of drug-likeness (QED) is 0.827. The molecule has 0 saturated carbocycles. The Balaban J connectivity index is 3.00. The van der Waals surface area contributed by atoms with E-state index in [2.05, 4.69) is 5.32 Å². The van der Waals surface area contributed by atoms with E-state index < -0.39 is 0 Å². The Morgan fingerprint density at radius 3 is 2.53 bits per heavy atom. The molecule has 1 unspecified atom stereocenters. The van der Waals surface area contributed by atoms with Gasteiger partial charge in [-0.05, 0) is 30.2 Å². The maximum atomic E-state index is 11.5. The number of ether oxygens (including phenoxy) is 2. The average molecular weight is 265 g/mol. The van der Waals surface area contributed by atoms with E-state index in [4.69, 9.17) is 9.47 Å². The fourth-order valence-electron chi connectivity index (χ4n) is 1.79. The Bertz CT molecular complexity index is 471. The van der Waals surface area contributed by atoms with Crippen LogP contribution < -0.4 is 10.1 Å². The largest absolute Gasteiger partial charge is 0.497 e. The predicted octanol–water partition coefficient (Wildman–Crippen LogP) is 2.01. The predicted molar refractivity (Wildman–Crippen MR) is 72.2 cm³/mol. The fourth-order valence-corrected chi connectivity index (χ4v) is 1.79. The lowest BCUT2D eigenvalue weighted by atomic mass is 9.99. The van der Waals surface area contributed by atoms with Gasteiger partial charge in [0.2, 0.25) is 5.91 Å². The van der Waals surface area contributed by atoms with Crippen molar-refractivity contribution >= 4 is 17.6 Å². The fraction of sp³-hybridized carbons (Fsp3) is 0.429. The highest BCUT2D eigenvalue weighted by Crippen LogP contribution is 2.25. The summed E-state index contributed by atoms with van der Waals surface area (Å²) in [4.78, 5) is 22.6. The summed E-state index contributed by atoms with van der Waals surface area (Å²) < 4.78 is 9.86. The molecule has 0 spiro atoms. The third-order valence-corrected chi connectivity index (χ3v) is 2.75. The van der Waals surface area contributed by atoms with Crippen molar-refractivity contribution in [1.82, 2.24) is 0 Å². The van der Waals surface area contributed by atoms with Gasteiger partial charge >= 0.3 is 5.97 Å². The van der Waals surface area contributed by atoms with Crippen LogP contribution in [-0.2, 0) is 20.7 Å². The first-order chi connectivity index (χ1) is 8.97. The van der Waals surface area contributed by atoms with Crippen molar-refractivity contribution in [2.24, 2.45) is 5.92 Å². The molecule has 0 heterocycles. The molecule has 0 fully saturated rings. The van der Waals surface area contributed by atoms with Gasteiger partial charge in [-0.25, -0.2) is 0 Å². The number of benzene rings is 1. The Hall–Kier alpha value is -2.04. The molecule has 0 bridgehead atoms. The summed E-state index contributed by atoms with van der Waals surface area (Å²) in [5.74, 6) is -0.0421. The van der Waals surface area contributed by atoms with E-state index in [-0.39, 0.29) is 17.8 Å². The van der Waals surface area contributed by atoms with Gasteiger partial charge < -0.3 is 14.8 Å². The third kappa shape index (κ3) is 4.28. The molecular formula is C14H19NO4. The first kappa shape index (κ1) is 15.0. The van der Waals surface area contributed by atoms with E-state index in [1.165, 1.54) is 14.0 Å². The third-order valence-electron chi connectivity index (χ3n) is 2.75. The molecule has 0 saturated heterocycles. The molecule has 19 heavy (non-hydrogen) atoms. The number of hydrogen-bond acceptors (Lipinski definition) is 4. The Morgan fingerprint density at radius 1 is 1.32 bits per heavy atom. The number of methoxy groups -OCH3 is 2. The molecule has 0 radical (unpaired) electrons. The van der Waals surface area contributed by atoms with E-state index in [0.29, 0.717) is 17.9 Å². The monoisotopic (exact) mass is 265 g/mol. The van der Waals surface area contributed by atoms with Gasteiger partial charge in [-0.3, -0.25) is 9.59 Å². The molecule has 0 aliphatic heterocycles. The van der Waals surface area contributed by atoms with E-state index in [1.54, 1.807) is 26.2 Å². The maximum Gasteiger partial charge on any atom is 0.308 e. The molecule has 0 aliphatic carbocycles. The minimum Gasteiger partial charge on any atom is -0.497 e. The second-order valence-electron chi connectivity index (χ2n) is 4.33. The number of nitrogens with one attached hydrogen (secondary N) is 1. The van der Waals surface area contributed by atoms with Gasteiger partial charge in [0.1, 0.15) is 5.75 Å². The van der Waals surface area contributed by atoms with Gasteiger partial charge in [0.05, 0.1) is 20.1 Å². The van der Waals surface area contributed by atoms with Crippen molar-refractivity contribution in [2.45, 2.75) is 20.3 Å². The number of hydrogen-bond donors (Lipinski definition) is 1. The number of rotatable bonds is 5. The minimum atomic E-state index is -0.287. The second-order valence-corrected chi connectivity index (χ2v) is 4.33. The first-order valence-electron chi connectivity index (χ1n) is 6.00. The molecule has 1 aromatic carbocycles. The summed E-state index contributed by atoms with van der Waals surface area (Å²) in [7, 11) is 2.93. The lowest BCUT2D eigenvalue weighted by Crippen LogP contribution is -2.17. The van der Waals surface area contributed by atoms with Crippen LogP contribution in [0.4, 0.5) is 5.69 Å². The average Bonchev–Trinajstić information content (AvgIpc) is 2.39. The number of anilines is 1. The molecule has 1 amide bonds. The van der Waals surface area contributed by atoms with Gasteiger partial charge in [-0.1, -0.05) is 6.92 Å². The summed E-state index contributed by atoms with van der Waals surface area (Å²) in [5, 5.41) is 2.74. The van der Waals surface area contributed by atoms with Crippen molar-refractivity contribution in [1.29, 1.82) is 0 Å². The molecule has 1 rings (SSSR count). The molecule has 1 atom stereocenters. The highest BCUT2D eigenvalue weighted by molar-refractivity contribution is 5.89. The summed E-state index contributed by atoms with van der Waals surface area (Å²) >= 11 is 0. The summed E-state index contributed by atoms with van der Waals surface area (Å²) in [6.45, 7) is 3.22. The van der Waals surface area contributed by atoms with Crippen molar-refractivity contribution in [3.05, 3.63) is 23.8 Å². The van der Waals surface area contributed by atoms with Crippen LogP contribution in [-0.4, -0.2) is 26.1 Å². The maximum absolute atomic E-state index is 11.5. The van der Waals surface area contributed by atoms with Crippen molar-refractivity contribution in [3.63, 3.8) is 0 Å². The van der Waals surface area contributed by atoms with Gasteiger partial charge in [0, 0.05) is 12.6 Å². The Morgan fingerprint density at radius 2 is 2.00 bits per heavy atom. The minimum absolute atomic E-state index is 0.155. The van der Waals surface area contributed by atoms with Crippen LogP contribution in [0.2, 0.25) is 0 Å². The lowest BCUT2D eigenvalue weighted by Gasteiger charge is -2.14. The van der Waals surface area contributed by atoms with Gasteiger partial charge in [0.15, 0.2) is 0 Å². The molecule has 0 aliphatic rings. The molecule has 104 valence electrons. The van der Waals surface area contributed by atoms with Crippen LogP contribution in [0.5, 0.6) is 5.75 Å². The van der Waals surface area contributed by atoms with Gasteiger partial charge in [-0.15, -0.1) is 0 Å².